The molecule has 5 nitrogen and oxygen atoms in total. The summed E-state index contributed by atoms with van der Waals surface area (Å²) in [4.78, 5) is 17.7. The molecular formula is C22H23FN2O3S. The number of nitrogens with one attached hydrogen (secondary N) is 1. The van der Waals surface area contributed by atoms with Gasteiger partial charge in [0.25, 0.3) is 0 Å². The maximum atomic E-state index is 13.3. The van der Waals surface area contributed by atoms with Gasteiger partial charge in [0.2, 0.25) is 5.91 Å². The first-order valence-corrected chi connectivity index (χ1v) is 11.5. The molecule has 0 saturated carbocycles. The molecule has 3 aromatic rings. The second-order valence-electron chi connectivity index (χ2n) is 7.59. The summed E-state index contributed by atoms with van der Waals surface area (Å²) in [6.07, 6.45) is 1.29. The van der Waals surface area contributed by atoms with E-state index < -0.39 is 9.84 Å². The minimum Gasteiger partial charge on any atom is -0.354 e. The molecule has 2 heterocycles. The third kappa shape index (κ3) is 4.05. The van der Waals surface area contributed by atoms with Gasteiger partial charge in [0.05, 0.1) is 11.5 Å². The Kier molecular flexibility index (Phi) is 5.17. The third-order valence-corrected chi connectivity index (χ3v) is 7.44. The Bertz CT molecular complexity index is 1150. The van der Waals surface area contributed by atoms with E-state index in [1.807, 2.05) is 24.3 Å². The maximum Gasteiger partial charge on any atom is 0.222 e. The summed E-state index contributed by atoms with van der Waals surface area (Å²) in [5.41, 5.74) is 3.71. The normalized spacial score (nSPS) is 18.2. The zero-order chi connectivity index (χ0) is 20.6. The molecule has 1 aliphatic rings. The number of benzene rings is 2. The van der Waals surface area contributed by atoms with Crippen molar-refractivity contribution >= 4 is 26.6 Å². The highest BCUT2D eigenvalue weighted by Gasteiger charge is 2.32. The molecule has 2 aromatic carbocycles. The first kappa shape index (κ1) is 19.6. The van der Waals surface area contributed by atoms with Crippen molar-refractivity contribution in [2.45, 2.75) is 25.3 Å². The van der Waals surface area contributed by atoms with Crippen LogP contribution in [0.4, 0.5) is 4.39 Å². The van der Waals surface area contributed by atoms with Crippen LogP contribution in [0.3, 0.4) is 0 Å². The summed E-state index contributed by atoms with van der Waals surface area (Å²) in [7, 11) is -1.35. The van der Waals surface area contributed by atoms with Crippen LogP contribution in [0.5, 0.6) is 0 Å². The summed E-state index contributed by atoms with van der Waals surface area (Å²) >= 11 is 0. The van der Waals surface area contributed by atoms with Gasteiger partial charge in [-0.05, 0) is 54.3 Å². The zero-order valence-corrected chi connectivity index (χ0v) is 17.0. The summed E-state index contributed by atoms with van der Waals surface area (Å²) < 4.78 is 36.8. The van der Waals surface area contributed by atoms with Gasteiger partial charge < -0.3 is 9.88 Å². The molecule has 1 amide bonds. The largest absolute Gasteiger partial charge is 0.354 e. The van der Waals surface area contributed by atoms with Gasteiger partial charge >= 0.3 is 0 Å². The average Bonchev–Trinajstić information content (AvgIpc) is 3.26. The molecule has 0 aliphatic carbocycles. The van der Waals surface area contributed by atoms with Gasteiger partial charge in [-0.2, -0.15) is 0 Å². The Hall–Kier alpha value is -2.67. The van der Waals surface area contributed by atoms with E-state index in [9.17, 15) is 17.6 Å². The summed E-state index contributed by atoms with van der Waals surface area (Å²) in [6.45, 7) is 0. The van der Waals surface area contributed by atoms with Crippen molar-refractivity contribution in [3.05, 3.63) is 59.9 Å². The molecule has 0 radical (unpaired) electrons. The molecule has 0 spiro atoms. The van der Waals surface area contributed by atoms with E-state index in [0.717, 1.165) is 27.7 Å². The number of para-hydroxylation sites is 1. The first-order chi connectivity index (χ1) is 13.8. The fourth-order valence-corrected chi connectivity index (χ4v) is 5.79. The molecule has 0 bridgehead atoms. The summed E-state index contributed by atoms with van der Waals surface area (Å²) in [5.74, 6) is -0.174. The molecule has 0 unspecified atom stereocenters. The van der Waals surface area contributed by atoms with Crippen LogP contribution in [-0.4, -0.2) is 48.8 Å². The van der Waals surface area contributed by atoms with E-state index in [1.54, 1.807) is 24.1 Å². The molecule has 4 rings (SSSR count). The molecule has 7 heteroatoms. The molecule has 1 aliphatic heterocycles. The van der Waals surface area contributed by atoms with Crippen LogP contribution >= 0.6 is 0 Å². The number of rotatable bonds is 5. The number of aromatic nitrogens is 1. The first-order valence-electron chi connectivity index (χ1n) is 9.66. The minimum absolute atomic E-state index is 0.0448. The van der Waals surface area contributed by atoms with Gasteiger partial charge in [-0.1, -0.05) is 18.2 Å². The zero-order valence-electron chi connectivity index (χ0n) is 16.2. The van der Waals surface area contributed by atoms with Crippen LogP contribution in [0.25, 0.3) is 22.2 Å². The lowest BCUT2D eigenvalue weighted by molar-refractivity contribution is -0.131. The molecule has 1 N–H and O–H groups in total. The molecule has 1 saturated heterocycles. The van der Waals surface area contributed by atoms with Crippen LogP contribution in [0, 0.1) is 5.82 Å². The summed E-state index contributed by atoms with van der Waals surface area (Å²) in [6, 6.07) is 13.9. The Morgan fingerprint density at radius 3 is 2.59 bits per heavy atom. The van der Waals surface area contributed by atoms with E-state index >= 15 is 0 Å². The van der Waals surface area contributed by atoms with Crippen LogP contribution in [0.15, 0.2) is 48.5 Å². The number of aromatic amines is 1. The predicted octanol–water partition coefficient (Wildman–Crippen LogP) is 3.55. The average molecular weight is 415 g/mol. The number of sulfone groups is 1. The third-order valence-electron chi connectivity index (χ3n) is 5.68. The topological polar surface area (TPSA) is 70.2 Å². The van der Waals surface area contributed by atoms with Crippen LogP contribution < -0.4 is 0 Å². The predicted molar refractivity (Wildman–Crippen MR) is 112 cm³/mol. The van der Waals surface area contributed by atoms with Crippen LogP contribution in [-0.2, 0) is 21.1 Å². The number of hydrogen-bond donors (Lipinski definition) is 1. The Morgan fingerprint density at radius 2 is 1.90 bits per heavy atom. The number of hydrogen-bond acceptors (Lipinski definition) is 3. The van der Waals surface area contributed by atoms with Gasteiger partial charge in [-0.3, -0.25) is 4.79 Å². The second-order valence-corrected chi connectivity index (χ2v) is 9.82. The number of nitrogens with zero attached hydrogens (tertiary/aromatic N) is 1. The van der Waals surface area contributed by atoms with Crippen LogP contribution in [0.1, 0.15) is 18.4 Å². The Balaban J connectivity index is 1.58. The fraction of sp³-hybridized carbons (Fsp3) is 0.318. The molecule has 1 fully saturated rings. The smallest absolute Gasteiger partial charge is 0.222 e. The highest BCUT2D eigenvalue weighted by Crippen LogP contribution is 2.31. The van der Waals surface area contributed by atoms with Crippen molar-refractivity contribution in [1.82, 2.24) is 9.88 Å². The van der Waals surface area contributed by atoms with Crippen molar-refractivity contribution in [3.63, 3.8) is 0 Å². The minimum atomic E-state index is -3.04. The van der Waals surface area contributed by atoms with Crippen molar-refractivity contribution < 1.29 is 17.6 Å². The number of fused-ring (bicyclic) bond motifs is 1. The quantitative estimate of drug-likeness (QED) is 0.694. The monoisotopic (exact) mass is 414 g/mol. The van der Waals surface area contributed by atoms with E-state index in [1.165, 1.54) is 12.1 Å². The Labute approximate surface area is 169 Å². The van der Waals surface area contributed by atoms with E-state index in [-0.39, 0.29) is 35.7 Å². The molecule has 152 valence electrons. The number of amides is 1. The van der Waals surface area contributed by atoms with Gasteiger partial charge in [0.15, 0.2) is 9.84 Å². The van der Waals surface area contributed by atoms with E-state index in [0.29, 0.717) is 12.8 Å². The van der Waals surface area contributed by atoms with Gasteiger partial charge in [0.1, 0.15) is 5.82 Å². The van der Waals surface area contributed by atoms with E-state index in [4.69, 9.17) is 0 Å². The van der Waals surface area contributed by atoms with Crippen molar-refractivity contribution in [2.75, 3.05) is 18.6 Å². The lowest BCUT2D eigenvalue weighted by Gasteiger charge is -2.23. The number of carbonyl (C=O) groups is 1. The number of aryl methyl sites for hydroxylation is 1. The molecular weight excluding hydrogens is 391 g/mol. The molecule has 1 atom stereocenters. The maximum absolute atomic E-state index is 13.3. The number of halogens is 1. The van der Waals surface area contributed by atoms with Crippen molar-refractivity contribution in [1.29, 1.82) is 0 Å². The number of carbonyl (C=O) groups excluding carboxylic acids is 1. The van der Waals surface area contributed by atoms with Gasteiger partial charge in [0, 0.05) is 36.1 Å². The second kappa shape index (κ2) is 7.63. The molecule has 29 heavy (non-hydrogen) atoms. The van der Waals surface area contributed by atoms with Crippen LogP contribution in [0.2, 0.25) is 0 Å². The standard InChI is InChI=1S/C22H23FN2O3S/c1-25(17-12-13-29(27,28)14-17)21(26)11-10-19-18-4-2-3-5-20(18)24-22(19)15-6-8-16(23)9-7-15/h2-9,17,24H,10-14H2,1H3/t17-/m1/s1. The highest BCUT2D eigenvalue weighted by molar-refractivity contribution is 7.91. The van der Waals surface area contributed by atoms with Gasteiger partial charge in [-0.15, -0.1) is 0 Å². The van der Waals surface area contributed by atoms with Crippen molar-refractivity contribution in [3.8, 4) is 11.3 Å². The number of H-pyrrole nitrogens is 1. The fourth-order valence-electron chi connectivity index (χ4n) is 4.02. The molecule has 1 aromatic heterocycles. The van der Waals surface area contributed by atoms with Crippen molar-refractivity contribution in [2.24, 2.45) is 0 Å². The van der Waals surface area contributed by atoms with Gasteiger partial charge in [-0.25, -0.2) is 12.8 Å². The van der Waals surface area contributed by atoms with E-state index in [2.05, 4.69) is 4.98 Å². The summed E-state index contributed by atoms with van der Waals surface area (Å²) in [5, 5.41) is 1.03. The lowest BCUT2D eigenvalue weighted by Crippen LogP contribution is -2.37. The lowest BCUT2D eigenvalue weighted by atomic mass is 10.0. The Morgan fingerprint density at radius 1 is 1.17 bits per heavy atom. The highest BCUT2D eigenvalue weighted by atomic mass is 32.2. The SMILES string of the molecule is CN(C(=O)CCc1c(-c2ccc(F)cc2)[nH]c2ccccc12)[C@@H]1CCS(=O)(=O)C1.